The van der Waals surface area contributed by atoms with Gasteiger partial charge in [0, 0.05) is 5.56 Å². The molecule has 1 N–H and O–H groups in total. The molecule has 0 saturated carbocycles. The van der Waals surface area contributed by atoms with Crippen molar-refractivity contribution in [1.29, 1.82) is 0 Å². The number of hydrogen-bond acceptors (Lipinski definition) is 6. The summed E-state index contributed by atoms with van der Waals surface area (Å²) in [6, 6.07) is 9.59. The van der Waals surface area contributed by atoms with Crippen molar-refractivity contribution in [3.63, 3.8) is 0 Å². The van der Waals surface area contributed by atoms with E-state index >= 15 is 0 Å². The summed E-state index contributed by atoms with van der Waals surface area (Å²) in [5.74, 6) is 0.133. The zero-order valence-electron chi connectivity index (χ0n) is 14.0. The van der Waals surface area contributed by atoms with Crippen molar-refractivity contribution < 1.29 is 19.2 Å². The maximum Gasteiger partial charge on any atom is 0.282 e. The number of hydrogen-bond donors (Lipinski definition) is 1. The highest BCUT2D eigenvalue weighted by atomic mass is 16.6. The molecular formula is C17H17N3O5. The zero-order chi connectivity index (χ0) is 18.4. The Morgan fingerprint density at radius 2 is 1.76 bits per heavy atom. The van der Waals surface area contributed by atoms with E-state index in [-0.39, 0.29) is 17.0 Å². The van der Waals surface area contributed by atoms with Gasteiger partial charge in [-0.2, -0.15) is 5.10 Å². The number of benzene rings is 2. The van der Waals surface area contributed by atoms with Crippen molar-refractivity contribution >= 4 is 17.8 Å². The average molecular weight is 343 g/mol. The van der Waals surface area contributed by atoms with Crippen molar-refractivity contribution in [1.82, 2.24) is 5.43 Å². The van der Waals surface area contributed by atoms with Crippen LogP contribution in [0.25, 0.3) is 0 Å². The third-order valence-electron chi connectivity index (χ3n) is 3.41. The van der Waals surface area contributed by atoms with Gasteiger partial charge < -0.3 is 9.47 Å². The van der Waals surface area contributed by atoms with E-state index in [1.54, 1.807) is 24.3 Å². The highest BCUT2D eigenvalue weighted by Crippen LogP contribution is 2.33. The second-order valence-corrected chi connectivity index (χ2v) is 5.09. The average Bonchev–Trinajstić information content (AvgIpc) is 2.61. The number of ether oxygens (including phenoxy) is 2. The maximum absolute atomic E-state index is 12.0. The Labute approximate surface area is 144 Å². The number of methoxy groups -OCH3 is 2. The van der Waals surface area contributed by atoms with Crippen LogP contribution in [-0.2, 0) is 0 Å². The number of hydrazone groups is 1. The number of nitro benzene ring substituents is 1. The number of nitrogens with one attached hydrogen (secondary N) is 1. The molecule has 0 aliphatic heterocycles. The lowest BCUT2D eigenvalue weighted by molar-refractivity contribution is -0.385. The summed E-state index contributed by atoms with van der Waals surface area (Å²) in [5, 5.41) is 15.0. The molecular weight excluding hydrogens is 326 g/mol. The van der Waals surface area contributed by atoms with Crippen LogP contribution in [0, 0.1) is 17.0 Å². The van der Waals surface area contributed by atoms with Crippen molar-refractivity contribution in [2.75, 3.05) is 14.2 Å². The summed E-state index contributed by atoms with van der Waals surface area (Å²) in [6.07, 6.45) is 1.19. The van der Waals surface area contributed by atoms with Gasteiger partial charge in [0.1, 0.15) is 0 Å². The molecule has 0 aromatic heterocycles. The Hall–Kier alpha value is -3.42. The van der Waals surface area contributed by atoms with E-state index in [2.05, 4.69) is 10.5 Å². The number of amides is 1. The molecule has 0 spiro atoms. The molecule has 25 heavy (non-hydrogen) atoms. The van der Waals surface area contributed by atoms with Gasteiger partial charge >= 0.3 is 0 Å². The van der Waals surface area contributed by atoms with Crippen LogP contribution in [0.15, 0.2) is 41.5 Å². The minimum atomic E-state index is -0.564. The van der Waals surface area contributed by atoms with Crippen LogP contribution in [-0.4, -0.2) is 31.3 Å². The van der Waals surface area contributed by atoms with Crippen LogP contribution >= 0.6 is 0 Å². The van der Waals surface area contributed by atoms with Crippen molar-refractivity contribution in [3.8, 4) is 11.5 Å². The molecule has 8 heteroatoms. The summed E-state index contributed by atoms with van der Waals surface area (Å²) in [4.78, 5) is 22.6. The van der Waals surface area contributed by atoms with Gasteiger partial charge in [-0.1, -0.05) is 17.7 Å². The Balaban J connectivity index is 2.23. The van der Waals surface area contributed by atoms with E-state index in [0.717, 1.165) is 5.56 Å². The molecule has 0 saturated heterocycles. The fourth-order valence-corrected chi connectivity index (χ4v) is 2.08. The smallest absolute Gasteiger partial charge is 0.282 e. The van der Waals surface area contributed by atoms with Gasteiger partial charge in [-0.15, -0.1) is 0 Å². The Kier molecular flexibility index (Phi) is 5.67. The SMILES string of the molecule is COc1cc(/C=N/NC(=O)c2ccc(C)cc2)c([N+](=O)[O-])cc1OC. The monoisotopic (exact) mass is 343 g/mol. The van der Waals surface area contributed by atoms with E-state index in [1.165, 1.54) is 32.6 Å². The standard InChI is InChI=1S/C17H17N3O5/c1-11-4-6-12(7-5-11)17(21)19-18-10-13-8-15(24-2)16(25-3)9-14(13)20(22)23/h4-10H,1-3H3,(H,19,21)/b18-10+. The number of carbonyl (C=O) groups is 1. The molecule has 2 aromatic rings. The van der Waals surface area contributed by atoms with E-state index in [9.17, 15) is 14.9 Å². The molecule has 0 radical (unpaired) electrons. The lowest BCUT2D eigenvalue weighted by Gasteiger charge is -2.08. The normalized spacial score (nSPS) is 10.5. The maximum atomic E-state index is 12.0. The predicted octanol–water partition coefficient (Wildman–Crippen LogP) is 2.68. The van der Waals surface area contributed by atoms with Crippen molar-refractivity contribution in [3.05, 3.63) is 63.2 Å². The van der Waals surface area contributed by atoms with Gasteiger partial charge in [0.2, 0.25) is 0 Å². The van der Waals surface area contributed by atoms with Crippen LogP contribution in [0.1, 0.15) is 21.5 Å². The first-order valence-corrected chi connectivity index (χ1v) is 7.26. The molecule has 1 amide bonds. The summed E-state index contributed by atoms with van der Waals surface area (Å²) >= 11 is 0. The van der Waals surface area contributed by atoms with E-state index in [4.69, 9.17) is 9.47 Å². The van der Waals surface area contributed by atoms with Gasteiger partial charge in [0.25, 0.3) is 11.6 Å². The van der Waals surface area contributed by atoms with Gasteiger partial charge in [0.05, 0.1) is 37.0 Å². The van der Waals surface area contributed by atoms with E-state index in [1.807, 2.05) is 6.92 Å². The number of rotatable bonds is 6. The molecule has 8 nitrogen and oxygen atoms in total. The minimum absolute atomic E-state index is 0.173. The molecule has 0 atom stereocenters. The first-order chi connectivity index (χ1) is 12.0. The predicted molar refractivity (Wildman–Crippen MR) is 92.4 cm³/mol. The quantitative estimate of drug-likeness (QED) is 0.493. The largest absolute Gasteiger partial charge is 0.493 e. The van der Waals surface area contributed by atoms with Gasteiger partial charge in [-0.3, -0.25) is 14.9 Å². The van der Waals surface area contributed by atoms with Gasteiger partial charge in [-0.25, -0.2) is 5.43 Å². The lowest BCUT2D eigenvalue weighted by atomic mass is 10.1. The molecule has 130 valence electrons. The summed E-state index contributed by atoms with van der Waals surface area (Å²) in [7, 11) is 2.81. The summed E-state index contributed by atoms with van der Waals surface area (Å²) < 4.78 is 10.2. The molecule has 0 heterocycles. The molecule has 0 aliphatic carbocycles. The van der Waals surface area contributed by atoms with E-state index in [0.29, 0.717) is 11.3 Å². The topological polar surface area (TPSA) is 103 Å². The van der Waals surface area contributed by atoms with Crippen LogP contribution in [0.5, 0.6) is 11.5 Å². The fraction of sp³-hybridized carbons (Fsp3) is 0.176. The molecule has 0 bridgehead atoms. The molecule has 2 aromatic carbocycles. The summed E-state index contributed by atoms with van der Waals surface area (Å²) in [5.41, 5.74) is 3.75. The second kappa shape index (κ2) is 7.91. The third-order valence-corrected chi connectivity index (χ3v) is 3.41. The Morgan fingerprint density at radius 1 is 1.16 bits per heavy atom. The Morgan fingerprint density at radius 3 is 2.32 bits per heavy atom. The number of nitro groups is 1. The summed E-state index contributed by atoms with van der Waals surface area (Å²) in [6.45, 7) is 1.91. The number of carbonyl (C=O) groups excluding carboxylic acids is 1. The molecule has 0 aliphatic rings. The number of aryl methyl sites for hydroxylation is 1. The van der Waals surface area contributed by atoms with Crippen molar-refractivity contribution in [2.24, 2.45) is 5.10 Å². The fourth-order valence-electron chi connectivity index (χ4n) is 2.08. The third kappa shape index (κ3) is 4.31. The van der Waals surface area contributed by atoms with E-state index < -0.39 is 10.8 Å². The van der Waals surface area contributed by atoms with Crippen LogP contribution in [0.4, 0.5) is 5.69 Å². The first kappa shape index (κ1) is 17.9. The Bertz CT molecular complexity index is 816. The first-order valence-electron chi connectivity index (χ1n) is 7.26. The van der Waals surface area contributed by atoms with Crippen LogP contribution in [0.2, 0.25) is 0 Å². The lowest BCUT2D eigenvalue weighted by Crippen LogP contribution is -2.17. The molecule has 0 fully saturated rings. The number of nitrogens with zero attached hydrogens (tertiary/aromatic N) is 2. The highest BCUT2D eigenvalue weighted by Gasteiger charge is 2.18. The van der Waals surface area contributed by atoms with Crippen LogP contribution in [0.3, 0.4) is 0 Å². The molecule has 0 unspecified atom stereocenters. The van der Waals surface area contributed by atoms with Gasteiger partial charge in [-0.05, 0) is 25.1 Å². The van der Waals surface area contributed by atoms with Crippen molar-refractivity contribution in [2.45, 2.75) is 6.92 Å². The van der Waals surface area contributed by atoms with Crippen LogP contribution < -0.4 is 14.9 Å². The zero-order valence-corrected chi connectivity index (χ0v) is 14.0. The minimum Gasteiger partial charge on any atom is -0.493 e. The molecule has 2 rings (SSSR count). The highest BCUT2D eigenvalue weighted by molar-refractivity contribution is 5.95. The second-order valence-electron chi connectivity index (χ2n) is 5.09. The van der Waals surface area contributed by atoms with Gasteiger partial charge in [0.15, 0.2) is 11.5 Å².